The van der Waals surface area contributed by atoms with Crippen LogP contribution in [0, 0.1) is 23.2 Å². The van der Waals surface area contributed by atoms with E-state index >= 15 is 24.0 Å². The number of hydrogen-bond donors (Lipinski definition) is 0. The van der Waals surface area contributed by atoms with Gasteiger partial charge in [0.1, 0.15) is 16.1 Å². The number of imide groups is 4. The zero-order valence-electron chi connectivity index (χ0n) is 65.1. The molecule has 4 heterocycles. The van der Waals surface area contributed by atoms with Gasteiger partial charge in [0.05, 0.1) is 11.4 Å². The molecule has 554 valence electrons. The Hall–Kier alpha value is -13.1. The molecule has 0 atom stereocenters. The number of benzene rings is 14. The van der Waals surface area contributed by atoms with E-state index in [4.69, 9.17) is 0 Å². The molecule has 0 unspecified atom stereocenters. The summed E-state index contributed by atoms with van der Waals surface area (Å²) in [5.41, 5.74) is 16.9. The number of hydrogen-bond acceptors (Lipinski definition) is 9. The zero-order chi connectivity index (χ0) is 79.5. The van der Waals surface area contributed by atoms with Crippen molar-refractivity contribution in [2.75, 3.05) is 9.80 Å². The maximum Gasteiger partial charge on any atom is 0.273 e. The summed E-state index contributed by atoms with van der Waals surface area (Å²) in [7, 11) is -4.66. The van der Waals surface area contributed by atoms with E-state index in [1.54, 1.807) is 72.8 Å². The average molecular weight is 1520 g/mol. The van der Waals surface area contributed by atoms with Crippen LogP contribution < -0.4 is 9.80 Å². The van der Waals surface area contributed by atoms with Crippen molar-refractivity contribution in [3.8, 4) is 23.2 Å². The molecule has 114 heavy (non-hydrogen) atoms. The van der Waals surface area contributed by atoms with Gasteiger partial charge in [-0.25, -0.2) is 9.80 Å². The Bertz CT molecular complexity index is 6320. The van der Waals surface area contributed by atoms with Crippen LogP contribution in [0.15, 0.2) is 206 Å². The van der Waals surface area contributed by atoms with Gasteiger partial charge in [-0.2, -0.15) is 9.80 Å². The van der Waals surface area contributed by atoms with Gasteiger partial charge in [-0.15, -0.1) is 11.1 Å². The molecule has 0 spiro atoms. The summed E-state index contributed by atoms with van der Waals surface area (Å²) in [6, 6.07) is 68.5. The third kappa shape index (κ3) is 9.57. The lowest BCUT2D eigenvalue weighted by Crippen LogP contribution is -2.44. The molecule has 5 aliphatic rings. The number of fused-ring (bicyclic) bond motifs is 4. The quantitative estimate of drug-likeness (QED) is 0.0380. The molecule has 1 aliphatic carbocycles. The Morgan fingerprint density at radius 1 is 0.228 bits per heavy atom. The van der Waals surface area contributed by atoms with Gasteiger partial charge >= 0.3 is 0 Å². The topological polar surface area (TPSA) is 167 Å². The normalized spacial score (nSPS) is 15.4. The third-order valence-electron chi connectivity index (χ3n) is 25.9. The number of ketones is 1. The van der Waals surface area contributed by atoms with E-state index in [2.05, 4.69) is 106 Å². The lowest BCUT2D eigenvalue weighted by Gasteiger charge is -2.38. The number of anilines is 2. The fourth-order valence-corrected chi connectivity index (χ4v) is 31.2. The highest BCUT2D eigenvalue weighted by atomic mass is 28.3. The van der Waals surface area contributed by atoms with E-state index in [9.17, 15) is 19.2 Å². The smallest absolute Gasteiger partial charge is 0.273 e. The number of carbonyl (C=O) groups excluding carboxylic acids is 9. The van der Waals surface area contributed by atoms with Gasteiger partial charge in [0, 0.05) is 100 Å². The standard InChI is InChI=1S/C99H76N4O9Si2/c1-51(2)113(52(3)4,53(5)6)49-47-100-92(105)71-39-31-63-67-35-43-75-89-76(44-36-68(85(67)89)64-32-40-72(93(100)106)87(71)83(63)64)97(110)102(96(75)109)61-27-23-59(24-28-61)79-80(82(58-21-17-14-18-22-58)91(104)81(79)57-19-15-13-16-20-57)60-25-29-62(30-26-60)103-98(111)77-45-37-69-65-33-41-73-88-74(42-34-66(84(65)88)70-38-46-78(99(103)112)90(77)86(69)70)95(108)101(94(73)107)48-50-114(54(7)8,55(9)10)56(11)12/h13-46,51-56H,1-12H3. The molecule has 13 nitrogen and oxygen atoms in total. The molecular formula is C99H76N4O9Si2. The van der Waals surface area contributed by atoms with Gasteiger partial charge in [-0.05, 0) is 193 Å². The minimum Gasteiger partial charge on any atom is -0.289 e. The molecule has 0 radical (unpaired) electrons. The molecule has 0 aromatic heterocycles. The van der Waals surface area contributed by atoms with Gasteiger partial charge in [0.25, 0.3) is 47.3 Å². The van der Waals surface area contributed by atoms with E-state index in [1.165, 1.54) is 9.80 Å². The molecule has 14 aromatic rings. The van der Waals surface area contributed by atoms with Gasteiger partial charge < -0.3 is 0 Å². The zero-order valence-corrected chi connectivity index (χ0v) is 67.1. The fourth-order valence-electron chi connectivity index (χ4n) is 20.9. The second kappa shape index (κ2) is 25.5. The molecule has 8 amide bonds. The van der Waals surface area contributed by atoms with Gasteiger partial charge in [-0.1, -0.05) is 217 Å². The van der Waals surface area contributed by atoms with Crippen LogP contribution in [-0.4, -0.2) is 79.0 Å². The Balaban J connectivity index is 0.660. The Kier molecular flexibility index (Phi) is 15.9. The van der Waals surface area contributed by atoms with Gasteiger partial charge in [-0.3, -0.25) is 43.2 Å². The van der Waals surface area contributed by atoms with Crippen molar-refractivity contribution in [1.29, 1.82) is 0 Å². The Morgan fingerprint density at radius 2 is 0.439 bits per heavy atom. The van der Waals surface area contributed by atoms with Crippen molar-refractivity contribution >= 4 is 189 Å². The number of carbonyl (C=O) groups is 9. The first-order valence-corrected chi connectivity index (χ1v) is 43.6. The summed E-state index contributed by atoms with van der Waals surface area (Å²) < 4.78 is 0. The fraction of sp³-hybridized carbons (Fsp3) is 0.182. The van der Waals surface area contributed by atoms with Gasteiger partial charge in [0.15, 0.2) is 5.78 Å². The summed E-state index contributed by atoms with van der Waals surface area (Å²) in [5, 5.41) is 11.2. The number of nitrogens with zero attached hydrogens (tertiary/aromatic N) is 4. The van der Waals surface area contributed by atoms with Crippen LogP contribution in [0.3, 0.4) is 0 Å². The summed E-state index contributed by atoms with van der Waals surface area (Å²) in [6.07, 6.45) is 0. The maximum absolute atomic E-state index is 15.7. The molecule has 14 aromatic carbocycles. The Labute approximate surface area is 660 Å². The van der Waals surface area contributed by atoms with Crippen LogP contribution in [0.25, 0.3) is 108 Å². The second-order valence-corrected chi connectivity index (χ2v) is 44.2. The number of Topliss-reactive ketones (excluding diaryl/α,β-unsaturated/α-hetero) is 1. The van der Waals surface area contributed by atoms with Crippen LogP contribution in [-0.2, 0) is 4.79 Å². The molecule has 19 rings (SSSR count). The summed E-state index contributed by atoms with van der Waals surface area (Å²) in [5.74, 6) is -4.21. The third-order valence-corrected chi connectivity index (χ3v) is 38.5. The summed E-state index contributed by atoms with van der Waals surface area (Å²) in [6.45, 7) is 26.3. The minimum atomic E-state index is -2.33. The van der Waals surface area contributed by atoms with E-state index < -0.39 is 63.4 Å². The first-order valence-electron chi connectivity index (χ1n) is 39.2. The monoisotopic (exact) mass is 1520 g/mol. The van der Waals surface area contributed by atoms with Gasteiger partial charge in [0.2, 0.25) is 0 Å². The van der Waals surface area contributed by atoms with Crippen molar-refractivity contribution in [2.24, 2.45) is 0 Å². The number of allylic oxidation sites excluding steroid dienone is 4. The average Bonchev–Trinajstić information content (AvgIpc) is 1.07. The maximum atomic E-state index is 15.7. The molecular weight excluding hydrogens is 1450 g/mol. The molecule has 0 N–H and O–H groups in total. The van der Waals surface area contributed by atoms with Crippen LogP contribution in [0.4, 0.5) is 11.4 Å². The largest absolute Gasteiger partial charge is 0.289 e. The van der Waals surface area contributed by atoms with Crippen LogP contribution in [0.1, 0.15) is 188 Å². The number of amides is 8. The van der Waals surface area contributed by atoms with E-state index in [1.807, 2.05) is 133 Å². The van der Waals surface area contributed by atoms with Crippen molar-refractivity contribution in [3.05, 3.63) is 273 Å². The highest BCUT2D eigenvalue weighted by Crippen LogP contribution is 2.54. The summed E-state index contributed by atoms with van der Waals surface area (Å²) in [4.78, 5) is 140. The first kappa shape index (κ1) is 71.3. The van der Waals surface area contributed by atoms with Crippen LogP contribution in [0.5, 0.6) is 0 Å². The van der Waals surface area contributed by atoms with E-state index in [0.717, 1.165) is 74.4 Å². The van der Waals surface area contributed by atoms with Crippen LogP contribution >= 0.6 is 0 Å². The molecule has 0 fully saturated rings. The first-order chi connectivity index (χ1) is 54.8. The lowest BCUT2D eigenvalue weighted by molar-refractivity contribution is -0.108. The van der Waals surface area contributed by atoms with Crippen molar-refractivity contribution < 1.29 is 43.2 Å². The lowest BCUT2D eigenvalue weighted by atomic mass is 9.82. The van der Waals surface area contributed by atoms with Crippen molar-refractivity contribution in [1.82, 2.24) is 9.80 Å². The van der Waals surface area contributed by atoms with E-state index in [-0.39, 0.29) is 5.78 Å². The highest BCUT2D eigenvalue weighted by Gasteiger charge is 2.47. The molecule has 0 saturated carbocycles. The Morgan fingerprint density at radius 3 is 0.658 bits per heavy atom. The highest BCUT2D eigenvalue weighted by molar-refractivity contribution is 6.91. The summed E-state index contributed by atoms with van der Waals surface area (Å²) >= 11 is 0. The molecule has 4 aliphatic heterocycles. The molecule has 15 heteroatoms. The van der Waals surface area contributed by atoms with Crippen LogP contribution in [0.2, 0.25) is 33.2 Å². The predicted molar refractivity (Wildman–Crippen MR) is 461 cm³/mol. The second-order valence-electron chi connectivity index (χ2n) is 33.0. The van der Waals surface area contributed by atoms with Crippen molar-refractivity contribution in [3.63, 3.8) is 0 Å². The minimum absolute atomic E-state index is 0.235. The SMILES string of the molecule is CC(C)[Si](C#CN1C(=O)c2ccc3c4ccc5c6c(ccc(c7ccc(c2c37)C1=O)c64)C(=O)N(c1ccc(C2=C(c3ccccc3)C(=O)C(c3ccccc3)=C2c2ccc(N3C(=O)c4ccc6c7ccc8c9c(ccc(c%10ccc(c4c6%10)C3=O)c97)C(=O)N(C#C[Si](C(C)C)(C(C)C)C(C)C)C8=O)cc2)cc1)C5=O)(C(C)C)C(C)C. The van der Waals surface area contributed by atoms with Crippen molar-refractivity contribution in [2.45, 2.75) is 116 Å². The molecule has 0 saturated heterocycles. The van der Waals surface area contributed by atoms with E-state index in [0.29, 0.717) is 155 Å². The molecule has 0 bridgehead atoms. The predicted octanol–water partition coefficient (Wildman–Crippen LogP) is 22.0. The number of rotatable bonds is 12.